The van der Waals surface area contributed by atoms with Crippen molar-refractivity contribution in [2.75, 3.05) is 0 Å². The lowest BCUT2D eigenvalue weighted by atomic mass is 9.82. The van der Waals surface area contributed by atoms with Crippen molar-refractivity contribution in [2.45, 2.75) is 38.9 Å². The SMILES string of the molecule is CC(C)(O)C(C)(C)O[B]c1ccc(C#N)c(Cl)c1. The van der Waals surface area contributed by atoms with Gasteiger partial charge in [-0.1, -0.05) is 23.1 Å². The highest BCUT2D eigenvalue weighted by molar-refractivity contribution is 6.48. The number of hydrogen-bond donors (Lipinski definition) is 1. The first-order valence-corrected chi connectivity index (χ1v) is 5.98. The Balaban J connectivity index is 2.77. The summed E-state index contributed by atoms with van der Waals surface area (Å²) >= 11 is 5.92. The molecule has 0 aliphatic heterocycles. The van der Waals surface area contributed by atoms with Gasteiger partial charge in [-0.15, -0.1) is 0 Å². The van der Waals surface area contributed by atoms with E-state index in [1.54, 1.807) is 45.9 Å². The summed E-state index contributed by atoms with van der Waals surface area (Å²) in [5, 5.41) is 19.1. The molecular formula is C13H16BClNO2. The van der Waals surface area contributed by atoms with E-state index in [9.17, 15) is 5.11 Å². The molecule has 0 heterocycles. The first-order valence-electron chi connectivity index (χ1n) is 5.60. The number of benzene rings is 1. The van der Waals surface area contributed by atoms with Crippen LogP contribution in [0.2, 0.25) is 5.02 Å². The molecule has 0 unspecified atom stereocenters. The van der Waals surface area contributed by atoms with Crippen LogP contribution in [0.15, 0.2) is 18.2 Å². The van der Waals surface area contributed by atoms with Gasteiger partial charge in [0.25, 0.3) is 0 Å². The van der Waals surface area contributed by atoms with E-state index < -0.39 is 11.2 Å². The second-order valence-corrected chi connectivity index (χ2v) is 5.56. The van der Waals surface area contributed by atoms with Gasteiger partial charge in [0.2, 0.25) is 0 Å². The van der Waals surface area contributed by atoms with Crippen LogP contribution in [0.4, 0.5) is 0 Å². The largest absolute Gasteiger partial charge is 0.427 e. The Morgan fingerprint density at radius 3 is 2.39 bits per heavy atom. The highest BCUT2D eigenvalue weighted by atomic mass is 35.5. The first kappa shape index (κ1) is 15.0. The van der Waals surface area contributed by atoms with E-state index in [0.29, 0.717) is 10.6 Å². The van der Waals surface area contributed by atoms with Crippen molar-refractivity contribution >= 4 is 24.5 Å². The zero-order chi connectivity index (χ0) is 14.0. The van der Waals surface area contributed by atoms with Gasteiger partial charge in [0.05, 0.1) is 21.8 Å². The summed E-state index contributed by atoms with van der Waals surface area (Å²) < 4.78 is 5.59. The highest BCUT2D eigenvalue weighted by Gasteiger charge is 2.35. The third kappa shape index (κ3) is 3.49. The molecule has 0 fully saturated rings. The zero-order valence-corrected chi connectivity index (χ0v) is 11.7. The van der Waals surface area contributed by atoms with Crippen molar-refractivity contribution in [3.05, 3.63) is 28.8 Å². The van der Waals surface area contributed by atoms with Crippen LogP contribution in [0.5, 0.6) is 0 Å². The topological polar surface area (TPSA) is 53.2 Å². The summed E-state index contributed by atoms with van der Waals surface area (Å²) in [6, 6.07) is 7.02. The zero-order valence-electron chi connectivity index (χ0n) is 11.0. The van der Waals surface area contributed by atoms with Crippen molar-refractivity contribution in [1.29, 1.82) is 5.26 Å². The molecule has 0 saturated heterocycles. The van der Waals surface area contributed by atoms with E-state index in [2.05, 4.69) is 0 Å². The molecule has 1 N–H and O–H groups in total. The minimum Gasteiger partial charge on any atom is -0.427 e. The van der Waals surface area contributed by atoms with E-state index >= 15 is 0 Å². The van der Waals surface area contributed by atoms with E-state index in [-0.39, 0.29) is 0 Å². The number of rotatable bonds is 4. The van der Waals surface area contributed by atoms with Gasteiger partial charge in [-0.05, 0) is 39.8 Å². The molecule has 0 aromatic heterocycles. The van der Waals surface area contributed by atoms with Crippen molar-refractivity contribution in [2.24, 2.45) is 0 Å². The lowest BCUT2D eigenvalue weighted by molar-refractivity contribution is -0.0893. The molecule has 0 atom stereocenters. The average molecular weight is 265 g/mol. The fraction of sp³-hybridized carbons (Fsp3) is 0.462. The van der Waals surface area contributed by atoms with Crippen molar-refractivity contribution in [3.8, 4) is 6.07 Å². The molecule has 0 bridgehead atoms. The van der Waals surface area contributed by atoms with Crippen molar-refractivity contribution in [3.63, 3.8) is 0 Å². The molecule has 18 heavy (non-hydrogen) atoms. The fourth-order valence-corrected chi connectivity index (χ4v) is 1.29. The number of hydrogen-bond acceptors (Lipinski definition) is 3. The van der Waals surface area contributed by atoms with E-state index in [0.717, 1.165) is 5.46 Å². The molecule has 5 heteroatoms. The molecule has 1 aromatic carbocycles. The normalized spacial score (nSPS) is 12.1. The van der Waals surface area contributed by atoms with Crippen LogP contribution >= 0.6 is 11.6 Å². The summed E-state index contributed by atoms with van der Waals surface area (Å²) in [6.07, 6.45) is 0. The molecule has 1 radical (unpaired) electrons. The molecule has 1 aromatic rings. The molecule has 0 spiro atoms. The van der Waals surface area contributed by atoms with E-state index in [1.807, 2.05) is 6.07 Å². The van der Waals surface area contributed by atoms with Crippen molar-refractivity contribution in [1.82, 2.24) is 0 Å². The molecule has 1 rings (SSSR count). The minimum atomic E-state index is -0.972. The lowest BCUT2D eigenvalue weighted by Crippen LogP contribution is -2.49. The fourth-order valence-electron chi connectivity index (χ4n) is 1.05. The van der Waals surface area contributed by atoms with Gasteiger partial charge in [-0.3, -0.25) is 0 Å². The predicted molar refractivity (Wildman–Crippen MR) is 73.0 cm³/mol. The summed E-state index contributed by atoms with van der Waals surface area (Å²) in [7, 11) is 1.53. The van der Waals surface area contributed by atoms with Gasteiger partial charge in [-0.25, -0.2) is 0 Å². The Morgan fingerprint density at radius 1 is 1.33 bits per heavy atom. The second kappa shape index (κ2) is 5.32. The molecule has 3 nitrogen and oxygen atoms in total. The number of halogens is 1. The summed E-state index contributed by atoms with van der Waals surface area (Å²) in [4.78, 5) is 0. The van der Waals surface area contributed by atoms with Crippen LogP contribution in [0.1, 0.15) is 33.3 Å². The van der Waals surface area contributed by atoms with Gasteiger partial charge in [-0.2, -0.15) is 5.26 Å². The molecular weight excluding hydrogens is 248 g/mol. The molecule has 0 saturated carbocycles. The summed E-state index contributed by atoms with van der Waals surface area (Å²) in [5.41, 5.74) is -0.528. The monoisotopic (exact) mass is 264 g/mol. The maximum atomic E-state index is 9.95. The van der Waals surface area contributed by atoms with Gasteiger partial charge in [0, 0.05) is 0 Å². The van der Waals surface area contributed by atoms with Crippen LogP contribution in [-0.4, -0.2) is 23.8 Å². The summed E-state index contributed by atoms with van der Waals surface area (Å²) in [5.74, 6) is 0. The standard InChI is InChI=1S/C13H16BClNO2/c1-12(2,17)13(3,4)18-14-10-6-5-9(8-16)11(15)7-10/h5-7,17H,1-4H3. The number of nitriles is 1. The van der Waals surface area contributed by atoms with Gasteiger partial charge in [0.15, 0.2) is 0 Å². The Bertz CT molecular complexity index is 475. The third-order valence-corrected chi connectivity index (χ3v) is 3.39. The van der Waals surface area contributed by atoms with Gasteiger partial charge >= 0.3 is 7.48 Å². The third-order valence-electron chi connectivity index (χ3n) is 3.08. The maximum Gasteiger partial charge on any atom is 0.330 e. The second-order valence-electron chi connectivity index (χ2n) is 5.16. The number of aliphatic hydroxyl groups is 1. The Morgan fingerprint density at radius 2 is 1.94 bits per heavy atom. The first-order chi connectivity index (χ1) is 8.17. The molecule has 0 aliphatic carbocycles. The van der Waals surface area contributed by atoms with E-state index in [4.69, 9.17) is 21.5 Å². The molecule has 0 aliphatic rings. The predicted octanol–water partition coefficient (Wildman–Crippen LogP) is 2.02. The minimum absolute atomic E-state index is 0.385. The quantitative estimate of drug-likeness (QED) is 0.847. The number of nitrogens with zero attached hydrogens (tertiary/aromatic N) is 1. The van der Waals surface area contributed by atoms with Crippen LogP contribution in [-0.2, 0) is 4.65 Å². The Labute approximate surface area is 114 Å². The Hall–Kier alpha value is -1.02. The van der Waals surface area contributed by atoms with Gasteiger partial charge < -0.3 is 9.76 Å². The van der Waals surface area contributed by atoms with Gasteiger partial charge in [0.1, 0.15) is 6.07 Å². The smallest absolute Gasteiger partial charge is 0.330 e. The maximum absolute atomic E-state index is 9.95. The van der Waals surface area contributed by atoms with Crippen LogP contribution in [0.25, 0.3) is 0 Å². The van der Waals surface area contributed by atoms with Crippen molar-refractivity contribution < 1.29 is 9.76 Å². The molecule has 0 amide bonds. The average Bonchev–Trinajstić information content (AvgIpc) is 2.25. The Kier molecular flexibility index (Phi) is 4.44. The summed E-state index contributed by atoms with van der Waals surface area (Å²) in [6.45, 7) is 6.97. The van der Waals surface area contributed by atoms with Crippen LogP contribution in [0.3, 0.4) is 0 Å². The van der Waals surface area contributed by atoms with Crippen LogP contribution < -0.4 is 5.46 Å². The molecule has 95 valence electrons. The lowest BCUT2D eigenvalue weighted by Gasteiger charge is -2.37. The van der Waals surface area contributed by atoms with E-state index in [1.165, 1.54) is 7.48 Å². The highest BCUT2D eigenvalue weighted by Crippen LogP contribution is 2.24. The van der Waals surface area contributed by atoms with Crippen LogP contribution in [0, 0.1) is 11.3 Å².